The van der Waals surface area contributed by atoms with Crippen molar-refractivity contribution in [1.29, 1.82) is 0 Å². The van der Waals surface area contributed by atoms with E-state index in [-0.39, 0.29) is 11.4 Å². The van der Waals surface area contributed by atoms with Crippen molar-refractivity contribution in [2.45, 2.75) is 0 Å². The van der Waals surface area contributed by atoms with Gasteiger partial charge in [0.15, 0.2) is 23.1 Å². The summed E-state index contributed by atoms with van der Waals surface area (Å²) in [5.41, 5.74) is 5.60. The molecule has 1 heterocycles. The van der Waals surface area contributed by atoms with Crippen molar-refractivity contribution in [3.63, 3.8) is 0 Å². The molecule has 0 fully saturated rings. The van der Waals surface area contributed by atoms with E-state index in [0.29, 0.717) is 28.2 Å². The second kappa shape index (κ2) is 6.19. The molecule has 0 saturated carbocycles. The van der Waals surface area contributed by atoms with Crippen LogP contribution in [0.25, 0.3) is 10.9 Å². The summed E-state index contributed by atoms with van der Waals surface area (Å²) >= 11 is 0. The third kappa shape index (κ3) is 2.76. The lowest BCUT2D eigenvalue weighted by Gasteiger charge is -2.13. The third-order valence-electron chi connectivity index (χ3n) is 3.48. The number of hydrogen-bond donors (Lipinski definition) is 1. The Bertz CT molecular complexity index is 916. The Labute approximate surface area is 136 Å². The van der Waals surface area contributed by atoms with E-state index in [4.69, 9.17) is 19.9 Å². The van der Waals surface area contributed by atoms with Gasteiger partial charge in [0.05, 0.1) is 25.4 Å². The van der Waals surface area contributed by atoms with Gasteiger partial charge in [0.25, 0.3) is 0 Å². The van der Waals surface area contributed by atoms with Crippen molar-refractivity contribution in [3.8, 4) is 23.0 Å². The molecule has 124 valence electrons. The average Bonchev–Trinajstić information content (AvgIpc) is 2.58. The summed E-state index contributed by atoms with van der Waals surface area (Å²) in [6.07, 6.45) is 1.50. The van der Waals surface area contributed by atoms with Crippen molar-refractivity contribution < 1.29 is 23.0 Å². The minimum Gasteiger partial charge on any atom is -0.493 e. The highest BCUT2D eigenvalue weighted by Crippen LogP contribution is 2.37. The van der Waals surface area contributed by atoms with Gasteiger partial charge in [0.1, 0.15) is 11.6 Å². The Morgan fingerprint density at radius 1 is 0.875 bits per heavy atom. The molecule has 0 aliphatic rings. The van der Waals surface area contributed by atoms with Crippen molar-refractivity contribution in [2.24, 2.45) is 0 Å². The van der Waals surface area contributed by atoms with Crippen LogP contribution in [0.1, 0.15) is 0 Å². The first-order valence-electron chi connectivity index (χ1n) is 6.96. The number of pyridine rings is 1. The number of fused-ring (bicyclic) bond motifs is 1. The number of hydrogen-bond acceptors (Lipinski definition) is 5. The minimum atomic E-state index is -0.765. The molecule has 24 heavy (non-hydrogen) atoms. The molecule has 7 heteroatoms. The fraction of sp³-hybridized carbons (Fsp3) is 0.118. The second-order valence-electron chi connectivity index (χ2n) is 4.94. The average molecular weight is 332 g/mol. The summed E-state index contributed by atoms with van der Waals surface area (Å²) in [4.78, 5) is 4.22. The molecule has 3 aromatic rings. The van der Waals surface area contributed by atoms with Crippen molar-refractivity contribution in [3.05, 3.63) is 48.2 Å². The highest BCUT2D eigenvalue weighted by atomic mass is 19.1. The standard InChI is InChI=1S/C17H14F2N2O3/c1-22-16-5-9-13(8-17(16)23-2)21-4-3-14(9)24-15-7-10(18)12(20)6-11(15)19/h3-8H,20H2,1-2H3. The van der Waals surface area contributed by atoms with Crippen LogP contribution in [-0.4, -0.2) is 19.2 Å². The smallest absolute Gasteiger partial charge is 0.167 e. The number of aromatic nitrogens is 1. The maximum Gasteiger partial charge on any atom is 0.167 e. The molecule has 3 rings (SSSR count). The first kappa shape index (κ1) is 15.8. The molecule has 0 radical (unpaired) electrons. The highest BCUT2D eigenvalue weighted by molar-refractivity contribution is 5.88. The largest absolute Gasteiger partial charge is 0.493 e. The van der Waals surface area contributed by atoms with Crippen LogP contribution < -0.4 is 19.9 Å². The molecule has 0 saturated heterocycles. The zero-order valence-electron chi connectivity index (χ0n) is 13.0. The number of methoxy groups -OCH3 is 2. The SMILES string of the molecule is COc1cc2nccc(Oc3cc(F)c(N)cc3F)c2cc1OC. The monoisotopic (exact) mass is 332 g/mol. The molecule has 2 N–H and O–H groups in total. The number of anilines is 1. The molecule has 5 nitrogen and oxygen atoms in total. The third-order valence-corrected chi connectivity index (χ3v) is 3.48. The highest BCUT2D eigenvalue weighted by Gasteiger charge is 2.14. The van der Waals surface area contributed by atoms with E-state index in [1.165, 1.54) is 20.4 Å². The molecule has 0 bridgehead atoms. The number of halogens is 2. The number of benzene rings is 2. The summed E-state index contributed by atoms with van der Waals surface area (Å²) < 4.78 is 43.5. The number of rotatable bonds is 4. The van der Waals surface area contributed by atoms with E-state index in [1.54, 1.807) is 18.2 Å². The lowest BCUT2D eigenvalue weighted by atomic mass is 10.2. The Morgan fingerprint density at radius 2 is 1.58 bits per heavy atom. The van der Waals surface area contributed by atoms with Gasteiger partial charge in [-0.25, -0.2) is 8.78 Å². The van der Waals surface area contributed by atoms with Gasteiger partial charge in [-0.1, -0.05) is 0 Å². The van der Waals surface area contributed by atoms with Crippen LogP contribution >= 0.6 is 0 Å². The van der Waals surface area contributed by atoms with E-state index in [9.17, 15) is 8.78 Å². The first-order chi connectivity index (χ1) is 11.5. The Kier molecular flexibility index (Phi) is 4.07. The van der Waals surface area contributed by atoms with Gasteiger partial charge in [0, 0.05) is 29.8 Å². The van der Waals surface area contributed by atoms with E-state index >= 15 is 0 Å². The van der Waals surface area contributed by atoms with Crippen LogP contribution in [0.2, 0.25) is 0 Å². The van der Waals surface area contributed by atoms with E-state index in [0.717, 1.165) is 12.1 Å². The van der Waals surface area contributed by atoms with Crippen LogP contribution in [0.4, 0.5) is 14.5 Å². The van der Waals surface area contributed by atoms with Crippen LogP contribution in [0, 0.1) is 11.6 Å². The summed E-state index contributed by atoms with van der Waals surface area (Å²) in [5, 5.41) is 0.562. The van der Waals surface area contributed by atoms with E-state index < -0.39 is 11.6 Å². The number of nitrogen functional groups attached to an aromatic ring is 1. The molecule has 2 aromatic carbocycles. The van der Waals surface area contributed by atoms with Crippen molar-refractivity contribution in [1.82, 2.24) is 4.98 Å². The second-order valence-corrected chi connectivity index (χ2v) is 4.94. The summed E-state index contributed by atoms with van der Waals surface area (Å²) in [7, 11) is 3.01. The lowest BCUT2D eigenvalue weighted by Crippen LogP contribution is -1.97. The van der Waals surface area contributed by atoms with Gasteiger partial charge < -0.3 is 19.9 Å². The Hall–Kier alpha value is -3.09. The first-order valence-corrected chi connectivity index (χ1v) is 6.96. The predicted octanol–water partition coefficient (Wildman–Crippen LogP) is 3.90. The molecule has 0 spiro atoms. The minimum absolute atomic E-state index is 0.274. The number of nitrogens with zero attached hydrogens (tertiary/aromatic N) is 1. The van der Waals surface area contributed by atoms with Crippen molar-refractivity contribution in [2.75, 3.05) is 20.0 Å². The van der Waals surface area contributed by atoms with Crippen LogP contribution in [0.3, 0.4) is 0 Å². The molecular formula is C17H14F2N2O3. The maximum atomic E-state index is 13.9. The van der Waals surface area contributed by atoms with E-state index in [2.05, 4.69) is 4.98 Å². The maximum absolute atomic E-state index is 13.9. The molecule has 0 amide bonds. The Morgan fingerprint density at radius 3 is 2.29 bits per heavy atom. The van der Waals surface area contributed by atoms with Gasteiger partial charge >= 0.3 is 0 Å². The van der Waals surface area contributed by atoms with Gasteiger partial charge in [-0.2, -0.15) is 0 Å². The summed E-state index contributed by atoms with van der Waals surface area (Å²) in [6.45, 7) is 0. The van der Waals surface area contributed by atoms with Crippen LogP contribution in [0.5, 0.6) is 23.0 Å². The summed E-state index contributed by atoms with van der Waals surface area (Å²) in [5.74, 6) is -0.539. The number of nitrogens with two attached hydrogens (primary N) is 1. The van der Waals surface area contributed by atoms with Gasteiger partial charge in [-0.05, 0) is 12.1 Å². The van der Waals surface area contributed by atoms with Gasteiger partial charge in [-0.15, -0.1) is 0 Å². The van der Waals surface area contributed by atoms with Crippen molar-refractivity contribution >= 4 is 16.6 Å². The number of ether oxygens (including phenoxy) is 3. The fourth-order valence-electron chi connectivity index (χ4n) is 2.28. The van der Waals surface area contributed by atoms with Gasteiger partial charge in [-0.3, -0.25) is 4.98 Å². The fourth-order valence-corrected chi connectivity index (χ4v) is 2.28. The molecule has 0 unspecified atom stereocenters. The summed E-state index contributed by atoms with van der Waals surface area (Å²) in [6, 6.07) is 6.64. The quantitative estimate of drug-likeness (QED) is 0.734. The lowest BCUT2D eigenvalue weighted by molar-refractivity contribution is 0.355. The Balaban J connectivity index is 2.11. The topological polar surface area (TPSA) is 66.6 Å². The molecular weight excluding hydrogens is 318 g/mol. The predicted molar refractivity (Wildman–Crippen MR) is 85.7 cm³/mol. The molecule has 0 aliphatic heterocycles. The molecule has 1 aromatic heterocycles. The van der Waals surface area contributed by atoms with Gasteiger partial charge in [0.2, 0.25) is 0 Å². The molecule has 0 atom stereocenters. The van der Waals surface area contributed by atoms with Crippen LogP contribution in [0.15, 0.2) is 36.5 Å². The zero-order chi connectivity index (χ0) is 17.3. The molecule has 0 aliphatic carbocycles. The van der Waals surface area contributed by atoms with E-state index in [1.807, 2.05) is 0 Å². The zero-order valence-corrected chi connectivity index (χ0v) is 13.0. The normalized spacial score (nSPS) is 10.7. The van der Waals surface area contributed by atoms with Crippen LogP contribution in [-0.2, 0) is 0 Å².